The van der Waals surface area contributed by atoms with E-state index in [9.17, 15) is 0 Å². The number of ether oxygens (including phenoxy) is 1. The molecule has 2 N–H and O–H groups in total. The number of hydrogen-bond donors (Lipinski definition) is 1. The quantitative estimate of drug-likeness (QED) is 0.701. The molecule has 2 rings (SSSR count). The van der Waals surface area contributed by atoms with Gasteiger partial charge in [-0.2, -0.15) is 0 Å². The Morgan fingerprint density at radius 2 is 2.38 bits per heavy atom. The maximum Gasteiger partial charge on any atom is 0.0531 e. The predicted molar refractivity (Wildman–Crippen MR) is 53.8 cm³/mol. The third-order valence-corrected chi connectivity index (χ3v) is 2.74. The van der Waals surface area contributed by atoms with Crippen LogP contribution < -0.4 is 5.73 Å². The summed E-state index contributed by atoms with van der Waals surface area (Å²) in [5.74, 6) is 0.559. The van der Waals surface area contributed by atoms with Crippen molar-refractivity contribution in [1.82, 2.24) is 0 Å². The van der Waals surface area contributed by atoms with E-state index in [1.165, 1.54) is 24.0 Å². The van der Waals surface area contributed by atoms with E-state index in [1.54, 1.807) is 7.11 Å². The monoisotopic (exact) mass is 177 g/mol. The van der Waals surface area contributed by atoms with Crippen LogP contribution >= 0.6 is 0 Å². The van der Waals surface area contributed by atoms with Crippen LogP contribution in [-0.4, -0.2) is 13.7 Å². The van der Waals surface area contributed by atoms with Crippen LogP contribution in [0.2, 0.25) is 0 Å². The van der Waals surface area contributed by atoms with Gasteiger partial charge in [-0.15, -0.1) is 0 Å². The minimum absolute atomic E-state index is 0.559. The number of hydrogen-bond acceptors (Lipinski definition) is 2. The average Bonchev–Trinajstić information content (AvgIpc) is 2.49. The van der Waals surface area contributed by atoms with Gasteiger partial charge in [0.15, 0.2) is 0 Å². The first kappa shape index (κ1) is 8.57. The topological polar surface area (TPSA) is 35.2 Å². The highest BCUT2D eigenvalue weighted by Crippen LogP contribution is 2.34. The molecule has 0 bridgehead atoms. The molecule has 1 aromatic carbocycles. The maximum atomic E-state index is 5.75. The van der Waals surface area contributed by atoms with Crippen LogP contribution in [0.25, 0.3) is 0 Å². The maximum absolute atomic E-state index is 5.75. The Bertz CT molecular complexity index is 307. The third-order valence-electron chi connectivity index (χ3n) is 2.74. The lowest BCUT2D eigenvalue weighted by molar-refractivity contribution is 0.179. The number of benzene rings is 1. The van der Waals surface area contributed by atoms with Crippen LogP contribution in [0.1, 0.15) is 23.5 Å². The molecule has 1 aromatic rings. The molecule has 0 radical (unpaired) electrons. The van der Waals surface area contributed by atoms with Crippen molar-refractivity contribution in [3.8, 4) is 0 Å². The number of nitrogen functional groups attached to an aromatic ring is 1. The highest BCUT2D eigenvalue weighted by Gasteiger charge is 2.21. The van der Waals surface area contributed by atoms with Gasteiger partial charge in [0.1, 0.15) is 0 Å². The Balaban J connectivity index is 2.29. The van der Waals surface area contributed by atoms with Crippen LogP contribution in [0, 0.1) is 0 Å². The van der Waals surface area contributed by atoms with Gasteiger partial charge in [0.25, 0.3) is 0 Å². The Kier molecular flexibility index (Phi) is 2.23. The van der Waals surface area contributed by atoms with Crippen LogP contribution in [0.3, 0.4) is 0 Å². The van der Waals surface area contributed by atoms with Gasteiger partial charge in [0.2, 0.25) is 0 Å². The summed E-state index contributed by atoms with van der Waals surface area (Å²) in [5.41, 5.74) is 9.44. The number of aryl methyl sites for hydroxylation is 1. The lowest BCUT2D eigenvalue weighted by Gasteiger charge is -2.10. The zero-order valence-corrected chi connectivity index (χ0v) is 7.92. The van der Waals surface area contributed by atoms with Gasteiger partial charge >= 0.3 is 0 Å². The molecule has 1 unspecified atom stereocenters. The molecule has 0 heterocycles. The summed E-state index contributed by atoms with van der Waals surface area (Å²) >= 11 is 0. The first-order valence-corrected chi connectivity index (χ1v) is 4.68. The van der Waals surface area contributed by atoms with Gasteiger partial charge in [-0.1, -0.05) is 6.07 Å². The Hall–Kier alpha value is -1.02. The largest absolute Gasteiger partial charge is 0.399 e. The molecule has 13 heavy (non-hydrogen) atoms. The molecule has 2 nitrogen and oxygen atoms in total. The molecule has 70 valence electrons. The average molecular weight is 177 g/mol. The number of fused-ring (bicyclic) bond motifs is 1. The zero-order valence-electron chi connectivity index (χ0n) is 7.92. The summed E-state index contributed by atoms with van der Waals surface area (Å²) in [6.45, 7) is 0.816. The van der Waals surface area contributed by atoms with Gasteiger partial charge < -0.3 is 10.5 Å². The second-order valence-corrected chi connectivity index (χ2v) is 3.65. The summed E-state index contributed by atoms with van der Waals surface area (Å²) in [6, 6.07) is 6.21. The molecule has 1 aliphatic carbocycles. The van der Waals surface area contributed by atoms with Gasteiger partial charge in [0.05, 0.1) is 6.61 Å². The fraction of sp³-hybridized carbons (Fsp3) is 0.455. The number of rotatable bonds is 2. The second kappa shape index (κ2) is 3.38. The molecule has 0 aromatic heterocycles. The van der Waals surface area contributed by atoms with E-state index in [2.05, 4.69) is 12.1 Å². The van der Waals surface area contributed by atoms with Crippen molar-refractivity contribution < 1.29 is 4.74 Å². The minimum Gasteiger partial charge on any atom is -0.399 e. The van der Waals surface area contributed by atoms with Crippen LogP contribution in [0.15, 0.2) is 18.2 Å². The van der Waals surface area contributed by atoms with E-state index < -0.39 is 0 Å². The summed E-state index contributed by atoms with van der Waals surface area (Å²) in [5, 5.41) is 0. The fourth-order valence-corrected chi connectivity index (χ4v) is 2.08. The highest BCUT2D eigenvalue weighted by atomic mass is 16.5. The number of methoxy groups -OCH3 is 1. The first-order chi connectivity index (χ1) is 6.31. The van der Waals surface area contributed by atoms with Crippen molar-refractivity contribution >= 4 is 5.69 Å². The van der Waals surface area contributed by atoms with E-state index in [-0.39, 0.29) is 0 Å². The predicted octanol–water partition coefficient (Wildman–Crippen LogP) is 1.95. The third kappa shape index (κ3) is 1.54. The van der Waals surface area contributed by atoms with Crippen molar-refractivity contribution in [3.05, 3.63) is 29.3 Å². The number of nitrogens with two attached hydrogens (primary N) is 1. The fourth-order valence-electron chi connectivity index (χ4n) is 2.08. The van der Waals surface area contributed by atoms with Crippen molar-refractivity contribution in [2.24, 2.45) is 0 Å². The highest BCUT2D eigenvalue weighted by molar-refractivity contribution is 5.48. The van der Waals surface area contributed by atoms with E-state index in [1.807, 2.05) is 6.07 Å². The molecule has 0 saturated heterocycles. The molecular weight excluding hydrogens is 162 g/mol. The van der Waals surface area contributed by atoms with Gasteiger partial charge in [-0.05, 0) is 36.1 Å². The van der Waals surface area contributed by atoms with Gasteiger partial charge in [-0.25, -0.2) is 0 Å². The van der Waals surface area contributed by atoms with E-state index in [0.717, 1.165) is 12.3 Å². The summed E-state index contributed by atoms with van der Waals surface area (Å²) in [7, 11) is 1.75. The lowest BCUT2D eigenvalue weighted by atomic mass is 10.0. The first-order valence-electron chi connectivity index (χ1n) is 4.68. The van der Waals surface area contributed by atoms with Crippen LogP contribution in [0.5, 0.6) is 0 Å². The Morgan fingerprint density at radius 3 is 3.15 bits per heavy atom. The van der Waals surface area contributed by atoms with Gasteiger partial charge in [0, 0.05) is 18.7 Å². The number of anilines is 1. The molecule has 2 heteroatoms. The van der Waals surface area contributed by atoms with Gasteiger partial charge in [-0.3, -0.25) is 0 Å². The molecular formula is C11H15NO. The SMILES string of the molecule is COCC1CCc2ccc(N)cc21. The summed E-state index contributed by atoms with van der Waals surface area (Å²) < 4.78 is 5.18. The summed E-state index contributed by atoms with van der Waals surface area (Å²) in [4.78, 5) is 0. The molecule has 0 spiro atoms. The van der Waals surface area contributed by atoms with Crippen LogP contribution in [-0.2, 0) is 11.2 Å². The van der Waals surface area contributed by atoms with E-state index in [0.29, 0.717) is 5.92 Å². The minimum atomic E-state index is 0.559. The Labute approximate surface area is 78.7 Å². The molecule has 0 amide bonds. The van der Waals surface area contributed by atoms with Crippen molar-refractivity contribution in [2.45, 2.75) is 18.8 Å². The summed E-state index contributed by atoms with van der Waals surface area (Å²) in [6.07, 6.45) is 2.37. The zero-order chi connectivity index (χ0) is 9.26. The lowest BCUT2D eigenvalue weighted by Crippen LogP contribution is -2.02. The molecule has 1 aliphatic rings. The van der Waals surface area contributed by atoms with Crippen molar-refractivity contribution in [3.63, 3.8) is 0 Å². The molecule has 0 fully saturated rings. The molecule has 1 atom stereocenters. The molecule has 0 aliphatic heterocycles. The smallest absolute Gasteiger partial charge is 0.0531 e. The standard InChI is InChI=1S/C11H15NO/c1-13-7-9-3-2-8-4-5-10(12)6-11(8)9/h4-6,9H,2-3,7,12H2,1H3. The molecule has 0 saturated carbocycles. The van der Waals surface area contributed by atoms with Crippen molar-refractivity contribution in [2.75, 3.05) is 19.5 Å². The second-order valence-electron chi connectivity index (χ2n) is 3.65. The normalized spacial score (nSPS) is 20.2. The van der Waals surface area contributed by atoms with E-state index in [4.69, 9.17) is 10.5 Å². The Morgan fingerprint density at radius 1 is 1.54 bits per heavy atom. The van der Waals surface area contributed by atoms with Crippen LogP contribution in [0.4, 0.5) is 5.69 Å². The van der Waals surface area contributed by atoms with Crippen molar-refractivity contribution in [1.29, 1.82) is 0 Å². The van der Waals surface area contributed by atoms with E-state index >= 15 is 0 Å².